The van der Waals surface area contributed by atoms with Crippen molar-refractivity contribution in [3.8, 4) is 0 Å². The molecule has 1 aromatic carbocycles. The summed E-state index contributed by atoms with van der Waals surface area (Å²) in [5.41, 5.74) is -0.521. The van der Waals surface area contributed by atoms with Gasteiger partial charge in [0.1, 0.15) is 17.5 Å². The summed E-state index contributed by atoms with van der Waals surface area (Å²) in [5, 5.41) is 3.61. The van der Waals surface area contributed by atoms with Crippen LogP contribution in [0.15, 0.2) is 47.9 Å². The number of fused-ring (bicyclic) bond motifs is 2. The number of nitrogens with one attached hydrogen (secondary N) is 1. The van der Waals surface area contributed by atoms with Crippen molar-refractivity contribution in [3.05, 3.63) is 76.2 Å². The molecule has 2 aliphatic rings. The molecule has 7 nitrogen and oxygen atoms in total. The highest BCUT2D eigenvalue weighted by molar-refractivity contribution is 5.88. The van der Waals surface area contributed by atoms with Gasteiger partial charge in [0.2, 0.25) is 5.91 Å². The first-order valence-corrected chi connectivity index (χ1v) is 11.4. The van der Waals surface area contributed by atoms with Gasteiger partial charge in [-0.1, -0.05) is 24.3 Å². The number of hydrogen-bond acceptors (Lipinski definition) is 5. The molecule has 0 aliphatic carbocycles. The maximum atomic E-state index is 14.8. The van der Waals surface area contributed by atoms with Crippen LogP contribution in [0.3, 0.4) is 0 Å². The van der Waals surface area contributed by atoms with E-state index in [4.69, 9.17) is 0 Å². The molecule has 3 atom stereocenters. The van der Waals surface area contributed by atoms with Crippen LogP contribution < -0.4 is 10.9 Å². The van der Waals surface area contributed by atoms with Crippen LogP contribution in [-0.4, -0.2) is 37.9 Å². The molecule has 0 saturated carbocycles. The summed E-state index contributed by atoms with van der Waals surface area (Å²) in [5.74, 6) is -0.200. The number of aryl methyl sites for hydroxylation is 1. The third-order valence-electron chi connectivity index (χ3n) is 6.82. The van der Waals surface area contributed by atoms with Crippen molar-refractivity contribution in [2.45, 2.75) is 50.7 Å². The summed E-state index contributed by atoms with van der Waals surface area (Å²) in [4.78, 5) is 35.7. The highest BCUT2D eigenvalue weighted by atomic mass is 19.3. The number of pyridine rings is 1. The van der Waals surface area contributed by atoms with Crippen LogP contribution >= 0.6 is 0 Å². The fourth-order valence-corrected chi connectivity index (χ4v) is 5.12. The second-order valence-corrected chi connectivity index (χ2v) is 8.97. The molecule has 4 heterocycles. The number of halogens is 3. The lowest BCUT2D eigenvalue weighted by Crippen LogP contribution is -2.30. The lowest BCUT2D eigenvalue weighted by Gasteiger charge is -2.20. The predicted molar refractivity (Wildman–Crippen MR) is 125 cm³/mol. The average Bonchev–Trinajstić information content (AvgIpc) is 3.38. The lowest BCUT2D eigenvalue weighted by atomic mass is 10.0. The first-order chi connectivity index (χ1) is 16.8. The normalized spacial score (nSPS) is 20.5. The Hall–Kier alpha value is -3.69. The molecular weight excluding hydrogens is 459 g/mol. The zero-order chi connectivity index (χ0) is 24.9. The van der Waals surface area contributed by atoms with Crippen molar-refractivity contribution in [2.24, 2.45) is 0 Å². The van der Waals surface area contributed by atoms with Gasteiger partial charge in [-0.15, -0.1) is 6.58 Å². The Morgan fingerprint density at radius 2 is 1.97 bits per heavy atom. The van der Waals surface area contributed by atoms with E-state index in [1.54, 1.807) is 17.7 Å². The van der Waals surface area contributed by atoms with Gasteiger partial charge in [0.25, 0.3) is 12.0 Å². The Balaban J connectivity index is 1.54. The van der Waals surface area contributed by atoms with Crippen molar-refractivity contribution in [3.63, 3.8) is 0 Å². The Morgan fingerprint density at radius 1 is 1.20 bits per heavy atom. The molecule has 182 valence electrons. The number of aromatic nitrogens is 3. The smallest absolute Gasteiger partial charge is 0.266 e. The molecule has 2 aromatic heterocycles. The Morgan fingerprint density at radius 3 is 2.69 bits per heavy atom. The number of rotatable bonds is 6. The minimum Gasteiger partial charge on any atom is -0.359 e. The standard InChI is InChI=1S/C25H24F3N5O2/c1-3-19(16-5-4-6-17(23(16)26)24(27)28)31-25-18-12-33(22(35)10-20(18)29-13(2)30-25)15-9-14-7-8-21(34)32(14)11-15/h3-6,10,12,14-15,19,24H,1,7-9,11H2,2H3,(H,29,30,31)/t14-,15+,19+/m0/s1. The third kappa shape index (κ3) is 4.06. The van der Waals surface area contributed by atoms with E-state index in [1.807, 2.05) is 4.90 Å². The number of carbonyl (C=O) groups is 1. The number of carbonyl (C=O) groups excluding carboxylic acids is 1. The Labute approximate surface area is 199 Å². The molecule has 0 unspecified atom stereocenters. The molecule has 2 aliphatic heterocycles. The lowest BCUT2D eigenvalue weighted by molar-refractivity contribution is -0.128. The van der Waals surface area contributed by atoms with Gasteiger partial charge in [0, 0.05) is 36.8 Å². The fraction of sp³-hybridized carbons (Fsp3) is 0.360. The van der Waals surface area contributed by atoms with Crippen molar-refractivity contribution >= 4 is 22.6 Å². The molecule has 3 aromatic rings. The van der Waals surface area contributed by atoms with Crippen LogP contribution in [-0.2, 0) is 4.79 Å². The Bertz CT molecular complexity index is 1390. The van der Waals surface area contributed by atoms with E-state index in [2.05, 4.69) is 21.9 Å². The van der Waals surface area contributed by atoms with E-state index in [0.717, 1.165) is 12.5 Å². The van der Waals surface area contributed by atoms with Crippen molar-refractivity contribution in [1.82, 2.24) is 19.4 Å². The van der Waals surface area contributed by atoms with Gasteiger partial charge in [-0.05, 0) is 19.8 Å². The van der Waals surface area contributed by atoms with E-state index in [1.165, 1.54) is 24.3 Å². The summed E-state index contributed by atoms with van der Waals surface area (Å²) in [6.07, 6.45) is 2.13. The number of amides is 1. The molecule has 0 spiro atoms. The second kappa shape index (κ2) is 8.83. The summed E-state index contributed by atoms with van der Waals surface area (Å²) >= 11 is 0. The van der Waals surface area contributed by atoms with Gasteiger partial charge in [-0.3, -0.25) is 9.59 Å². The highest BCUT2D eigenvalue weighted by Crippen LogP contribution is 2.35. The van der Waals surface area contributed by atoms with Crippen LogP contribution in [0.1, 0.15) is 54.7 Å². The molecule has 0 bridgehead atoms. The Kier molecular flexibility index (Phi) is 5.82. The van der Waals surface area contributed by atoms with E-state index in [-0.39, 0.29) is 29.1 Å². The summed E-state index contributed by atoms with van der Waals surface area (Å²) in [6, 6.07) is 4.34. The maximum Gasteiger partial charge on any atom is 0.266 e. The third-order valence-corrected chi connectivity index (χ3v) is 6.82. The SMILES string of the molecule is C=C[C@@H](Nc1nc(C)nc2cc(=O)n([C@@H]3C[C@@H]4CCC(=O)N4C3)cc12)c1cccc(C(F)F)c1F. The van der Waals surface area contributed by atoms with Crippen molar-refractivity contribution in [1.29, 1.82) is 0 Å². The highest BCUT2D eigenvalue weighted by Gasteiger charge is 2.40. The first-order valence-electron chi connectivity index (χ1n) is 11.4. The van der Waals surface area contributed by atoms with Crippen LogP contribution in [0.25, 0.3) is 10.9 Å². The molecule has 10 heteroatoms. The largest absolute Gasteiger partial charge is 0.359 e. The van der Waals surface area contributed by atoms with Crippen LogP contribution in [0.4, 0.5) is 19.0 Å². The number of anilines is 1. The van der Waals surface area contributed by atoms with Gasteiger partial charge >= 0.3 is 0 Å². The molecule has 1 amide bonds. The topological polar surface area (TPSA) is 80.1 Å². The van der Waals surface area contributed by atoms with Crippen molar-refractivity contribution in [2.75, 3.05) is 11.9 Å². The maximum absolute atomic E-state index is 14.8. The van der Waals surface area contributed by atoms with E-state index in [9.17, 15) is 22.8 Å². The van der Waals surface area contributed by atoms with E-state index < -0.39 is 23.8 Å². The quantitative estimate of drug-likeness (QED) is 0.524. The second-order valence-electron chi connectivity index (χ2n) is 8.97. The van der Waals surface area contributed by atoms with Gasteiger partial charge in [0.15, 0.2) is 0 Å². The predicted octanol–water partition coefficient (Wildman–Crippen LogP) is 4.45. The number of hydrogen-bond donors (Lipinski definition) is 1. The minimum absolute atomic E-state index is 0.00506. The first kappa shape index (κ1) is 23.1. The van der Waals surface area contributed by atoms with Gasteiger partial charge in [0.05, 0.1) is 28.6 Å². The molecule has 1 N–H and O–H groups in total. The van der Waals surface area contributed by atoms with E-state index in [0.29, 0.717) is 41.9 Å². The zero-order valence-electron chi connectivity index (χ0n) is 19.0. The van der Waals surface area contributed by atoms with Gasteiger partial charge < -0.3 is 14.8 Å². The van der Waals surface area contributed by atoms with Gasteiger partial charge in [-0.25, -0.2) is 23.1 Å². The summed E-state index contributed by atoms with van der Waals surface area (Å²) in [7, 11) is 0. The van der Waals surface area contributed by atoms with Crippen LogP contribution in [0.2, 0.25) is 0 Å². The summed E-state index contributed by atoms with van der Waals surface area (Å²) < 4.78 is 42.9. The molecule has 2 saturated heterocycles. The average molecular weight is 483 g/mol. The zero-order valence-corrected chi connectivity index (χ0v) is 19.0. The number of nitrogens with zero attached hydrogens (tertiary/aromatic N) is 4. The molecular formula is C25H24F3N5O2. The summed E-state index contributed by atoms with van der Waals surface area (Å²) in [6.45, 7) is 5.86. The molecule has 35 heavy (non-hydrogen) atoms. The monoisotopic (exact) mass is 483 g/mol. The van der Waals surface area contributed by atoms with Gasteiger partial charge in [-0.2, -0.15) is 0 Å². The number of benzene rings is 1. The molecule has 5 rings (SSSR count). The van der Waals surface area contributed by atoms with Crippen LogP contribution in [0.5, 0.6) is 0 Å². The van der Waals surface area contributed by atoms with Crippen molar-refractivity contribution < 1.29 is 18.0 Å². The molecule has 0 radical (unpaired) electrons. The fourth-order valence-electron chi connectivity index (χ4n) is 5.12. The van der Waals surface area contributed by atoms with Crippen LogP contribution in [0, 0.1) is 12.7 Å². The number of alkyl halides is 2. The molecule has 2 fully saturated rings. The minimum atomic E-state index is -2.95. The van der Waals surface area contributed by atoms with E-state index >= 15 is 0 Å².